The van der Waals surface area contributed by atoms with Gasteiger partial charge in [-0.25, -0.2) is 8.42 Å². The predicted octanol–water partition coefficient (Wildman–Crippen LogP) is 3.71. The largest absolute Gasteiger partial charge is 0.496 e. The maximum Gasteiger partial charge on any atom is 0.251 e. The smallest absolute Gasteiger partial charge is 0.251 e. The molecule has 2 rings (SSSR count). The lowest BCUT2D eigenvalue weighted by atomic mass is 10.0. The van der Waals surface area contributed by atoms with Crippen LogP contribution in [0.4, 0.5) is 0 Å². The molecule has 1 atom stereocenters. The summed E-state index contributed by atoms with van der Waals surface area (Å²) in [4.78, 5) is 13.0. The number of hydrogen-bond donors (Lipinski definition) is 1. The number of carbonyl (C=O) groups is 1. The highest BCUT2D eigenvalue weighted by Crippen LogP contribution is 2.23. The number of methoxy groups -OCH3 is 1. The highest BCUT2D eigenvalue weighted by atomic mass is 32.2. The minimum Gasteiger partial charge on any atom is -0.496 e. The molecule has 0 aliphatic heterocycles. The molecular formula is C21H25NO4S. The highest BCUT2D eigenvalue weighted by molar-refractivity contribution is 7.90. The zero-order valence-corrected chi connectivity index (χ0v) is 16.7. The van der Waals surface area contributed by atoms with E-state index in [1.54, 1.807) is 55.7 Å². The molecule has 2 aromatic carbocycles. The molecule has 0 spiro atoms. The maximum atomic E-state index is 12.7. The van der Waals surface area contributed by atoms with Crippen molar-refractivity contribution in [2.75, 3.05) is 13.4 Å². The molecule has 1 N–H and O–H groups in total. The van der Waals surface area contributed by atoms with Crippen LogP contribution in [0.3, 0.4) is 0 Å². The van der Waals surface area contributed by atoms with Crippen LogP contribution in [0.2, 0.25) is 0 Å². The minimum absolute atomic E-state index is 0.193. The van der Waals surface area contributed by atoms with Gasteiger partial charge in [-0.3, -0.25) is 4.79 Å². The van der Waals surface area contributed by atoms with E-state index < -0.39 is 9.84 Å². The molecule has 0 fully saturated rings. The quantitative estimate of drug-likeness (QED) is 0.701. The molecule has 1 amide bonds. The van der Waals surface area contributed by atoms with Crippen LogP contribution >= 0.6 is 0 Å². The van der Waals surface area contributed by atoms with E-state index in [1.807, 2.05) is 6.92 Å². The molecule has 5 nitrogen and oxygen atoms in total. The van der Waals surface area contributed by atoms with Crippen LogP contribution in [0.5, 0.6) is 5.75 Å². The molecule has 0 aliphatic rings. The van der Waals surface area contributed by atoms with Gasteiger partial charge in [0.1, 0.15) is 5.75 Å². The first-order valence-corrected chi connectivity index (χ1v) is 10.6. The van der Waals surface area contributed by atoms with Crippen LogP contribution in [-0.4, -0.2) is 27.7 Å². The summed E-state index contributed by atoms with van der Waals surface area (Å²) in [5.41, 5.74) is 2.29. The first-order chi connectivity index (χ1) is 12.8. The molecule has 0 aromatic heterocycles. The second kappa shape index (κ2) is 8.86. The van der Waals surface area contributed by atoms with E-state index in [2.05, 4.69) is 11.9 Å². The molecule has 0 aliphatic carbocycles. The fraction of sp³-hybridized carbons (Fsp3) is 0.286. The van der Waals surface area contributed by atoms with Gasteiger partial charge in [0.2, 0.25) is 0 Å². The lowest BCUT2D eigenvalue weighted by Gasteiger charge is -2.18. The second-order valence-electron chi connectivity index (χ2n) is 6.29. The Morgan fingerprint density at radius 1 is 1.22 bits per heavy atom. The van der Waals surface area contributed by atoms with Crippen molar-refractivity contribution in [3.05, 3.63) is 71.8 Å². The molecule has 0 radical (unpaired) electrons. The SMILES string of the molecule is C=CCc1cc(C(=O)N[C@@H](CC)c2ccc(S(C)(=O)=O)cc2)ccc1OC. The summed E-state index contributed by atoms with van der Waals surface area (Å²) in [6.07, 6.45) is 4.22. The van der Waals surface area contributed by atoms with Gasteiger partial charge in [-0.2, -0.15) is 0 Å². The van der Waals surface area contributed by atoms with Gasteiger partial charge in [0, 0.05) is 11.8 Å². The van der Waals surface area contributed by atoms with Crippen molar-refractivity contribution in [1.82, 2.24) is 5.32 Å². The van der Waals surface area contributed by atoms with Crippen molar-refractivity contribution in [1.29, 1.82) is 0 Å². The van der Waals surface area contributed by atoms with Gasteiger partial charge in [-0.05, 0) is 54.3 Å². The van der Waals surface area contributed by atoms with Crippen molar-refractivity contribution >= 4 is 15.7 Å². The summed E-state index contributed by atoms with van der Waals surface area (Å²) in [6.45, 7) is 5.70. The molecule has 6 heteroatoms. The Morgan fingerprint density at radius 3 is 2.41 bits per heavy atom. The Hall–Kier alpha value is -2.60. The Kier molecular flexibility index (Phi) is 6.80. The number of ether oxygens (including phenoxy) is 1. The minimum atomic E-state index is -3.24. The Labute approximate surface area is 161 Å². The van der Waals surface area contributed by atoms with Gasteiger partial charge >= 0.3 is 0 Å². The van der Waals surface area contributed by atoms with Crippen LogP contribution in [0, 0.1) is 0 Å². The number of benzene rings is 2. The normalized spacial score (nSPS) is 12.3. The number of nitrogens with one attached hydrogen (secondary N) is 1. The lowest BCUT2D eigenvalue weighted by Crippen LogP contribution is -2.28. The van der Waals surface area contributed by atoms with E-state index in [4.69, 9.17) is 4.74 Å². The number of rotatable bonds is 8. The Morgan fingerprint density at radius 2 is 1.89 bits per heavy atom. The standard InChI is InChI=1S/C21H25NO4S/c1-5-7-16-14-17(10-13-20(16)26-3)21(23)22-19(6-2)15-8-11-18(12-9-15)27(4,24)25/h5,8-14,19H,1,6-7H2,2-4H3,(H,22,23)/t19-/m0/s1. The molecule has 0 saturated carbocycles. The Bertz CT molecular complexity index is 918. The van der Waals surface area contributed by atoms with Crippen LogP contribution in [0.1, 0.15) is 40.9 Å². The van der Waals surface area contributed by atoms with E-state index in [9.17, 15) is 13.2 Å². The molecule has 0 saturated heterocycles. The van der Waals surface area contributed by atoms with E-state index in [0.717, 1.165) is 16.9 Å². The second-order valence-corrected chi connectivity index (χ2v) is 8.31. The maximum absolute atomic E-state index is 12.7. The number of carbonyl (C=O) groups excluding carboxylic acids is 1. The van der Waals surface area contributed by atoms with Crippen molar-refractivity contribution in [2.24, 2.45) is 0 Å². The van der Waals surface area contributed by atoms with E-state index in [-0.39, 0.29) is 16.8 Å². The number of amides is 1. The first-order valence-electron chi connectivity index (χ1n) is 8.68. The van der Waals surface area contributed by atoms with E-state index in [1.165, 1.54) is 6.26 Å². The van der Waals surface area contributed by atoms with Crippen LogP contribution in [0.25, 0.3) is 0 Å². The molecule has 2 aromatic rings. The molecule has 0 heterocycles. The molecule has 144 valence electrons. The van der Waals surface area contributed by atoms with Crippen LogP contribution < -0.4 is 10.1 Å². The molecule has 0 unspecified atom stereocenters. The summed E-state index contributed by atoms with van der Waals surface area (Å²) in [7, 11) is -1.65. The summed E-state index contributed by atoms with van der Waals surface area (Å²) in [6, 6.07) is 11.7. The van der Waals surface area contributed by atoms with E-state index in [0.29, 0.717) is 18.4 Å². The van der Waals surface area contributed by atoms with Gasteiger partial charge < -0.3 is 10.1 Å². The monoisotopic (exact) mass is 387 g/mol. The van der Waals surface area contributed by atoms with Crippen molar-refractivity contribution < 1.29 is 17.9 Å². The lowest BCUT2D eigenvalue weighted by molar-refractivity contribution is 0.0935. The molecular weight excluding hydrogens is 362 g/mol. The molecule has 27 heavy (non-hydrogen) atoms. The summed E-state index contributed by atoms with van der Waals surface area (Å²) < 4.78 is 28.5. The number of sulfone groups is 1. The van der Waals surface area contributed by atoms with Crippen LogP contribution in [-0.2, 0) is 16.3 Å². The average molecular weight is 388 g/mol. The van der Waals surface area contributed by atoms with Crippen molar-refractivity contribution in [3.63, 3.8) is 0 Å². The third-order valence-electron chi connectivity index (χ3n) is 4.33. The summed E-state index contributed by atoms with van der Waals surface area (Å²) in [5.74, 6) is 0.525. The third kappa shape index (κ3) is 5.20. The Balaban J connectivity index is 2.22. The number of allylic oxidation sites excluding steroid dienone is 1. The summed E-state index contributed by atoms with van der Waals surface area (Å²) in [5, 5.41) is 3.01. The topological polar surface area (TPSA) is 72.5 Å². The van der Waals surface area contributed by atoms with Crippen molar-refractivity contribution in [2.45, 2.75) is 30.7 Å². The number of hydrogen-bond acceptors (Lipinski definition) is 4. The van der Waals surface area contributed by atoms with Gasteiger partial charge in [0.15, 0.2) is 9.84 Å². The van der Waals surface area contributed by atoms with Crippen molar-refractivity contribution in [3.8, 4) is 5.75 Å². The highest BCUT2D eigenvalue weighted by Gasteiger charge is 2.16. The fourth-order valence-electron chi connectivity index (χ4n) is 2.84. The molecule has 0 bridgehead atoms. The fourth-order valence-corrected chi connectivity index (χ4v) is 3.48. The first kappa shape index (κ1) is 20.7. The summed E-state index contributed by atoms with van der Waals surface area (Å²) >= 11 is 0. The zero-order valence-electron chi connectivity index (χ0n) is 15.9. The van der Waals surface area contributed by atoms with Gasteiger partial charge in [0.25, 0.3) is 5.91 Å². The van der Waals surface area contributed by atoms with Crippen LogP contribution in [0.15, 0.2) is 60.0 Å². The van der Waals surface area contributed by atoms with Gasteiger partial charge in [0.05, 0.1) is 18.0 Å². The zero-order chi connectivity index (χ0) is 20.0. The van der Waals surface area contributed by atoms with Gasteiger partial charge in [-0.1, -0.05) is 25.1 Å². The third-order valence-corrected chi connectivity index (χ3v) is 5.46. The van der Waals surface area contributed by atoms with Gasteiger partial charge in [-0.15, -0.1) is 6.58 Å². The van der Waals surface area contributed by atoms with E-state index >= 15 is 0 Å². The average Bonchev–Trinajstić information content (AvgIpc) is 2.65. The predicted molar refractivity (Wildman–Crippen MR) is 107 cm³/mol.